The molecule has 1 aliphatic heterocycles. The van der Waals surface area contributed by atoms with E-state index >= 15 is 0 Å². The fraction of sp³-hybridized carbons (Fsp3) is 0.500. The molecule has 30 heavy (non-hydrogen) atoms. The smallest absolute Gasteiger partial charge is 0.254 e. The first-order valence-corrected chi connectivity index (χ1v) is 10.8. The predicted molar refractivity (Wildman–Crippen MR) is 119 cm³/mol. The maximum Gasteiger partial charge on any atom is 0.254 e. The van der Waals surface area contributed by atoms with Crippen molar-refractivity contribution in [3.05, 3.63) is 41.8 Å². The zero-order valence-electron chi connectivity index (χ0n) is 17.7. The maximum atomic E-state index is 13.3. The number of hydrogen-bond acceptors (Lipinski definition) is 5. The van der Waals surface area contributed by atoms with Crippen LogP contribution >= 0.6 is 0 Å². The van der Waals surface area contributed by atoms with Gasteiger partial charge in [0.1, 0.15) is 11.6 Å². The van der Waals surface area contributed by atoms with Crippen LogP contribution in [0.15, 0.2) is 35.3 Å². The Kier molecular flexibility index (Phi) is 6.13. The molecule has 1 saturated carbocycles. The van der Waals surface area contributed by atoms with E-state index in [2.05, 4.69) is 32.1 Å². The summed E-state index contributed by atoms with van der Waals surface area (Å²) in [6.45, 7) is 7.36. The Bertz CT molecular complexity index is 895. The summed E-state index contributed by atoms with van der Waals surface area (Å²) in [5.41, 5.74) is 8.02. The van der Waals surface area contributed by atoms with E-state index in [4.69, 9.17) is 5.73 Å². The van der Waals surface area contributed by atoms with Crippen LogP contribution in [0.1, 0.15) is 38.3 Å². The van der Waals surface area contributed by atoms with Gasteiger partial charge in [-0.1, -0.05) is 6.92 Å². The third-order valence-electron chi connectivity index (χ3n) is 5.63. The zero-order chi connectivity index (χ0) is 21.1. The molecule has 1 aromatic carbocycles. The van der Waals surface area contributed by atoms with Crippen LogP contribution < -0.4 is 16.0 Å². The quantitative estimate of drug-likeness (QED) is 0.560. The summed E-state index contributed by atoms with van der Waals surface area (Å²) in [7, 11) is 0. The van der Waals surface area contributed by atoms with Gasteiger partial charge in [-0.05, 0) is 70.0 Å². The maximum absolute atomic E-state index is 13.3. The van der Waals surface area contributed by atoms with E-state index in [0.29, 0.717) is 17.9 Å². The molecule has 2 heterocycles. The number of aryl methyl sites for hydroxylation is 1. The number of nitrogens with zero attached hydrogens (tertiary/aromatic N) is 5. The monoisotopic (exact) mass is 411 g/mol. The normalized spacial score (nSPS) is 20.2. The molecule has 1 aliphatic carbocycles. The molecular weight excluding hydrogens is 381 g/mol. The number of aromatic nitrogens is 2. The summed E-state index contributed by atoms with van der Waals surface area (Å²) in [4.78, 5) is 18.0. The molecule has 160 valence electrons. The minimum atomic E-state index is -0.271. The van der Waals surface area contributed by atoms with E-state index < -0.39 is 0 Å². The van der Waals surface area contributed by atoms with Gasteiger partial charge in [-0.2, -0.15) is 9.98 Å². The Morgan fingerprint density at radius 1 is 1.27 bits per heavy atom. The molecule has 1 atom stereocenters. The summed E-state index contributed by atoms with van der Waals surface area (Å²) in [5.74, 6) is 1.17. The Hall–Kier alpha value is -2.74. The van der Waals surface area contributed by atoms with Gasteiger partial charge in [0.25, 0.3) is 5.95 Å². The fourth-order valence-electron chi connectivity index (χ4n) is 3.97. The first-order valence-electron chi connectivity index (χ1n) is 10.8. The molecule has 2 fully saturated rings. The van der Waals surface area contributed by atoms with Crippen molar-refractivity contribution in [3.8, 4) is 0 Å². The Morgan fingerprint density at radius 3 is 2.73 bits per heavy atom. The summed E-state index contributed by atoms with van der Waals surface area (Å²) in [5, 5.41) is 3.54. The van der Waals surface area contributed by atoms with Gasteiger partial charge < -0.3 is 20.9 Å². The fourth-order valence-corrected chi connectivity index (χ4v) is 3.97. The largest absolute Gasteiger partial charge is 0.369 e. The highest BCUT2D eigenvalue weighted by atomic mass is 19.1. The molecule has 2 aromatic rings. The lowest BCUT2D eigenvalue weighted by molar-refractivity contribution is 0.226. The number of aliphatic imine (C=N–C) groups is 1. The van der Waals surface area contributed by atoms with Gasteiger partial charge in [0, 0.05) is 36.1 Å². The predicted octanol–water partition coefficient (Wildman–Crippen LogP) is 3.44. The first-order chi connectivity index (χ1) is 14.5. The Labute approximate surface area is 177 Å². The molecule has 0 amide bonds. The van der Waals surface area contributed by atoms with E-state index in [0.717, 1.165) is 56.1 Å². The topological polar surface area (TPSA) is 82.7 Å². The van der Waals surface area contributed by atoms with Gasteiger partial charge >= 0.3 is 0 Å². The second kappa shape index (κ2) is 8.95. The average molecular weight is 412 g/mol. The molecule has 1 saturated heterocycles. The van der Waals surface area contributed by atoms with Crippen molar-refractivity contribution in [2.24, 2.45) is 10.7 Å². The number of anilines is 2. The van der Waals surface area contributed by atoms with Crippen LogP contribution in [0.5, 0.6) is 0 Å². The van der Waals surface area contributed by atoms with Crippen molar-refractivity contribution in [3.63, 3.8) is 0 Å². The highest BCUT2D eigenvalue weighted by Gasteiger charge is 2.32. The van der Waals surface area contributed by atoms with Crippen molar-refractivity contribution in [2.45, 2.75) is 51.6 Å². The molecule has 0 spiro atoms. The van der Waals surface area contributed by atoms with Crippen molar-refractivity contribution in [1.29, 1.82) is 0 Å². The summed E-state index contributed by atoms with van der Waals surface area (Å²) < 4.78 is 13.3. The molecular formula is C22H30FN7. The first kappa shape index (κ1) is 20.5. The Balaban J connectivity index is 1.54. The van der Waals surface area contributed by atoms with Crippen LogP contribution in [0.4, 0.5) is 21.8 Å². The second-order valence-corrected chi connectivity index (χ2v) is 8.12. The minimum absolute atomic E-state index is 0.271. The molecule has 3 N–H and O–H groups in total. The lowest BCUT2D eigenvalue weighted by Gasteiger charge is -2.32. The van der Waals surface area contributed by atoms with Gasteiger partial charge in [-0.25, -0.2) is 9.37 Å². The standard InChI is InChI=1S/C22H30FN7/c1-3-29-12-4-5-17(14-29)26-20-13-15(2)25-22(27-20)28-21(24)30(19-10-11-19)18-8-6-16(23)7-9-18/h6-9,13,17,19H,3-5,10-12,14H2,1-2H3,(H3,24,25,26,27,28). The number of piperidine rings is 1. The number of hydrogen-bond donors (Lipinski definition) is 2. The molecule has 0 bridgehead atoms. The molecule has 7 nitrogen and oxygen atoms in total. The number of halogens is 1. The van der Waals surface area contributed by atoms with Gasteiger partial charge in [0.05, 0.1) is 0 Å². The van der Waals surface area contributed by atoms with E-state index in [1.54, 1.807) is 12.1 Å². The molecule has 1 unspecified atom stereocenters. The van der Waals surface area contributed by atoms with Crippen LogP contribution in [-0.4, -0.2) is 52.5 Å². The second-order valence-electron chi connectivity index (χ2n) is 8.12. The number of guanidine groups is 1. The molecule has 0 radical (unpaired) electrons. The van der Waals surface area contributed by atoms with Crippen molar-refractivity contribution in [1.82, 2.24) is 14.9 Å². The van der Waals surface area contributed by atoms with E-state index in [9.17, 15) is 4.39 Å². The summed E-state index contributed by atoms with van der Waals surface area (Å²) in [6, 6.07) is 8.91. The molecule has 2 aliphatic rings. The van der Waals surface area contributed by atoms with E-state index in [1.165, 1.54) is 18.6 Å². The average Bonchev–Trinajstić information content (AvgIpc) is 3.54. The molecule has 4 rings (SSSR count). The van der Waals surface area contributed by atoms with Crippen molar-refractivity contribution in [2.75, 3.05) is 29.9 Å². The number of nitrogens with one attached hydrogen (secondary N) is 1. The van der Waals surface area contributed by atoms with Crippen LogP contribution in [0.25, 0.3) is 0 Å². The van der Waals surface area contributed by atoms with E-state index in [1.807, 2.05) is 17.9 Å². The number of likely N-dealkylation sites (tertiary alicyclic amines) is 1. The zero-order valence-corrected chi connectivity index (χ0v) is 17.7. The van der Waals surface area contributed by atoms with Crippen LogP contribution in [0, 0.1) is 12.7 Å². The van der Waals surface area contributed by atoms with E-state index in [-0.39, 0.29) is 11.9 Å². The molecule has 1 aromatic heterocycles. The number of likely N-dealkylation sites (N-methyl/N-ethyl adjacent to an activating group) is 1. The third-order valence-corrected chi connectivity index (χ3v) is 5.63. The van der Waals surface area contributed by atoms with Gasteiger partial charge in [-0.15, -0.1) is 0 Å². The van der Waals surface area contributed by atoms with Crippen LogP contribution in [0.2, 0.25) is 0 Å². The van der Waals surface area contributed by atoms with Crippen molar-refractivity contribution < 1.29 is 4.39 Å². The van der Waals surface area contributed by atoms with Gasteiger partial charge in [0.2, 0.25) is 5.96 Å². The highest BCUT2D eigenvalue weighted by molar-refractivity contribution is 5.97. The number of benzene rings is 1. The summed E-state index contributed by atoms with van der Waals surface area (Å²) >= 11 is 0. The van der Waals surface area contributed by atoms with Gasteiger partial charge in [-0.3, -0.25) is 0 Å². The van der Waals surface area contributed by atoms with Crippen molar-refractivity contribution >= 4 is 23.4 Å². The molecule has 8 heteroatoms. The van der Waals surface area contributed by atoms with Crippen LogP contribution in [-0.2, 0) is 0 Å². The SMILES string of the molecule is CCN1CCCC(Nc2cc(C)nc(N=C(N)N(c3ccc(F)cc3)C3CC3)n2)C1. The third kappa shape index (κ3) is 5.05. The lowest BCUT2D eigenvalue weighted by Crippen LogP contribution is -2.42. The number of rotatable bonds is 6. The number of nitrogens with two attached hydrogens (primary N) is 1. The highest BCUT2D eigenvalue weighted by Crippen LogP contribution is 2.32. The van der Waals surface area contributed by atoms with Gasteiger partial charge in [0.15, 0.2) is 0 Å². The van der Waals surface area contributed by atoms with Crippen LogP contribution in [0.3, 0.4) is 0 Å². The Morgan fingerprint density at radius 2 is 2.03 bits per heavy atom. The lowest BCUT2D eigenvalue weighted by atomic mass is 10.1. The summed E-state index contributed by atoms with van der Waals surface area (Å²) in [6.07, 6.45) is 4.37. The minimum Gasteiger partial charge on any atom is -0.369 e.